The van der Waals surface area contributed by atoms with Gasteiger partial charge in [0.25, 0.3) is 0 Å². The third kappa shape index (κ3) is 4.48. The smallest absolute Gasteiger partial charge is 0.119 e. The van der Waals surface area contributed by atoms with Gasteiger partial charge in [-0.25, -0.2) is 0 Å². The minimum atomic E-state index is 0.440. The predicted molar refractivity (Wildman–Crippen MR) is 90.0 cm³/mol. The van der Waals surface area contributed by atoms with Gasteiger partial charge in [-0.15, -0.1) is 0 Å². The molecule has 0 aliphatic heterocycles. The minimum Gasteiger partial charge on any atom is -0.494 e. The maximum absolute atomic E-state index is 6.27. The molecule has 0 radical (unpaired) electrons. The topological polar surface area (TPSA) is 21.3 Å². The first-order valence-corrected chi connectivity index (χ1v) is 7.73. The summed E-state index contributed by atoms with van der Waals surface area (Å²) in [6.45, 7) is 7.71. The summed E-state index contributed by atoms with van der Waals surface area (Å²) in [5.74, 6) is 0.900. The molecule has 1 N–H and O–H groups in total. The highest BCUT2D eigenvalue weighted by Gasteiger charge is 2.05. The Morgan fingerprint density at radius 1 is 1.05 bits per heavy atom. The largest absolute Gasteiger partial charge is 0.494 e. The van der Waals surface area contributed by atoms with Gasteiger partial charge in [0.15, 0.2) is 0 Å². The van der Waals surface area contributed by atoms with E-state index in [-0.39, 0.29) is 0 Å². The molecule has 0 fully saturated rings. The van der Waals surface area contributed by atoms with Crippen molar-refractivity contribution < 1.29 is 4.74 Å². The Balaban J connectivity index is 2.21. The highest BCUT2D eigenvalue weighted by atomic mass is 35.5. The third-order valence-corrected chi connectivity index (χ3v) is 3.61. The summed E-state index contributed by atoms with van der Waals surface area (Å²) < 4.78 is 5.47. The van der Waals surface area contributed by atoms with E-state index in [0.717, 1.165) is 22.9 Å². The molecule has 0 spiro atoms. The van der Waals surface area contributed by atoms with Crippen LogP contribution < -0.4 is 10.1 Å². The maximum atomic E-state index is 6.27. The van der Waals surface area contributed by atoms with Gasteiger partial charge in [0, 0.05) is 17.6 Å². The van der Waals surface area contributed by atoms with Gasteiger partial charge in [-0.05, 0) is 47.9 Å². The van der Waals surface area contributed by atoms with Gasteiger partial charge in [0.05, 0.1) is 6.61 Å². The molecule has 0 aromatic heterocycles. The van der Waals surface area contributed by atoms with Gasteiger partial charge in [-0.3, -0.25) is 0 Å². The summed E-state index contributed by atoms with van der Waals surface area (Å²) in [4.78, 5) is 0. The molecular weight excluding hydrogens is 282 g/mol. The lowest BCUT2D eigenvalue weighted by atomic mass is 10.0. The zero-order valence-corrected chi connectivity index (χ0v) is 13.6. The molecule has 0 saturated carbocycles. The Morgan fingerprint density at radius 3 is 2.33 bits per heavy atom. The van der Waals surface area contributed by atoms with Crippen LogP contribution in [0.3, 0.4) is 0 Å². The Hall–Kier alpha value is -1.51. The lowest BCUT2D eigenvalue weighted by molar-refractivity contribution is 0.340. The quantitative estimate of drug-likeness (QED) is 0.819. The molecule has 2 nitrogen and oxygen atoms in total. The van der Waals surface area contributed by atoms with Crippen molar-refractivity contribution in [3.05, 3.63) is 53.1 Å². The summed E-state index contributed by atoms with van der Waals surface area (Å²) in [5, 5.41) is 4.21. The van der Waals surface area contributed by atoms with Crippen molar-refractivity contribution in [3.63, 3.8) is 0 Å². The molecule has 2 aromatic rings. The van der Waals surface area contributed by atoms with Crippen LogP contribution in [0.1, 0.15) is 26.3 Å². The lowest BCUT2D eigenvalue weighted by Crippen LogP contribution is -2.21. The molecule has 0 bridgehead atoms. The van der Waals surface area contributed by atoms with E-state index in [0.29, 0.717) is 12.6 Å². The number of hydrogen-bond acceptors (Lipinski definition) is 2. The number of nitrogens with one attached hydrogen (secondary N) is 1. The highest BCUT2D eigenvalue weighted by Crippen LogP contribution is 2.27. The van der Waals surface area contributed by atoms with Crippen molar-refractivity contribution in [1.82, 2.24) is 5.32 Å². The molecule has 0 aliphatic rings. The van der Waals surface area contributed by atoms with E-state index in [1.807, 2.05) is 25.1 Å². The fraction of sp³-hybridized carbons (Fsp3) is 0.333. The van der Waals surface area contributed by atoms with Gasteiger partial charge >= 0.3 is 0 Å². The fourth-order valence-electron chi connectivity index (χ4n) is 2.11. The van der Waals surface area contributed by atoms with Crippen molar-refractivity contribution >= 4 is 11.6 Å². The molecule has 0 atom stereocenters. The Bertz CT molecular complexity index is 578. The molecule has 3 heteroatoms. The van der Waals surface area contributed by atoms with Crippen LogP contribution in [0.15, 0.2) is 42.5 Å². The van der Waals surface area contributed by atoms with Crippen LogP contribution in [0.5, 0.6) is 5.75 Å². The monoisotopic (exact) mass is 303 g/mol. The van der Waals surface area contributed by atoms with Gasteiger partial charge in [-0.2, -0.15) is 0 Å². The zero-order chi connectivity index (χ0) is 15.2. The molecule has 0 heterocycles. The molecule has 21 heavy (non-hydrogen) atoms. The first-order chi connectivity index (χ1) is 10.1. The van der Waals surface area contributed by atoms with Crippen molar-refractivity contribution in [3.8, 4) is 16.9 Å². The van der Waals surface area contributed by atoms with E-state index in [1.54, 1.807) is 0 Å². The van der Waals surface area contributed by atoms with Crippen molar-refractivity contribution in [2.75, 3.05) is 6.61 Å². The van der Waals surface area contributed by atoms with Crippen LogP contribution in [0, 0.1) is 0 Å². The standard InChI is InChI=1S/C18H22ClNO/c1-4-21-17-8-5-14(6-9-17)15-7-10-18(19)16(11-15)12-20-13(2)3/h5-11,13,20H,4,12H2,1-3H3. The molecule has 112 valence electrons. The van der Waals surface area contributed by atoms with Crippen molar-refractivity contribution in [2.45, 2.75) is 33.4 Å². The summed E-state index contributed by atoms with van der Waals surface area (Å²) in [5.41, 5.74) is 3.46. The van der Waals surface area contributed by atoms with E-state index in [2.05, 4.69) is 43.4 Å². The second-order valence-corrected chi connectivity index (χ2v) is 5.71. The summed E-state index contributed by atoms with van der Waals surface area (Å²) in [6.07, 6.45) is 0. The minimum absolute atomic E-state index is 0.440. The second-order valence-electron chi connectivity index (χ2n) is 5.30. The number of halogens is 1. The summed E-state index contributed by atoms with van der Waals surface area (Å²) in [7, 11) is 0. The van der Waals surface area contributed by atoms with Crippen LogP contribution in [-0.4, -0.2) is 12.6 Å². The number of benzene rings is 2. The first-order valence-electron chi connectivity index (χ1n) is 7.35. The second kappa shape index (κ2) is 7.48. The molecule has 0 saturated heterocycles. The normalized spacial score (nSPS) is 10.9. The molecule has 0 amide bonds. The van der Waals surface area contributed by atoms with Gasteiger partial charge in [0.2, 0.25) is 0 Å². The Labute approximate surface area is 132 Å². The van der Waals surface area contributed by atoms with Crippen LogP contribution in [0.2, 0.25) is 5.02 Å². The fourth-order valence-corrected chi connectivity index (χ4v) is 2.30. The van der Waals surface area contributed by atoms with Crippen molar-refractivity contribution in [2.24, 2.45) is 0 Å². The molecule has 0 aliphatic carbocycles. The summed E-state index contributed by atoms with van der Waals surface area (Å²) in [6, 6.07) is 14.8. The van der Waals surface area contributed by atoms with Crippen molar-refractivity contribution in [1.29, 1.82) is 0 Å². The van der Waals surface area contributed by atoms with E-state index in [4.69, 9.17) is 16.3 Å². The summed E-state index contributed by atoms with van der Waals surface area (Å²) >= 11 is 6.27. The SMILES string of the molecule is CCOc1ccc(-c2ccc(Cl)c(CNC(C)C)c2)cc1. The van der Waals surface area contributed by atoms with Crippen LogP contribution in [-0.2, 0) is 6.54 Å². The average molecular weight is 304 g/mol. The Kier molecular flexibility index (Phi) is 5.66. The molecule has 2 aromatic carbocycles. The van der Waals surface area contributed by atoms with Gasteiger partial charge in [-0.1, -0.05) is 43.6 Å². The number of ether oxygens (including phenoxy) is 1. The average Bonchev–Trinajstić information content (AvgIpc) is 2.47. The maximum Gasteiger partial charge on any atom is 0.119 e. The van der Waals surface area contributed by atoms with E-state index < -0.39 is 0 Å². The van der Waals surface area contributed by atoms with Crippen LogP contribution >= 0.6 is 11.6 Å². The van der Waals surface area contributed by atoms with E-state index >= 15 is 0 Å². The van der Waals surface area contributed by atoms with E-state index in [1.165, 1.54) is 11.1 Å². The van der Waals surface area contributed by atoms with Gasteiger partial charge < -0.3 is 10.1 Å². The highest BCUT2D eigenvalue weighted by molar-refractivity contribution is 6.31. The predicted octanol–water partition coefficient (Wildman–Crippen LogP) is 4.90. The molecule has 2 rings (SSSR count). The van der Waals surface area contributed by atoms with E-state index in [9.17, 15) is 0 Å². The number of hydrogen-bond donors (Lipinski definition) is 1. The third-order valence-electron chi connectivity index (χ3n) is 3.25. The zero-order valence-electron chi connectivity index (χ0n) is 12.8. The van der Waals surface area contributed by atoms with Crippen LogP contribution in [0.25, 0.3) is 11.1 Å². The lowest BCUT2D eigenvalue weighted by Gasteiger charge is -2.12. The Morgan fingerprint density at radius 2 is 1.71 bits per heavy atom. The molecule has 0 unspecified atom stereocenters. The number of rotatable bonds is 6. The van der Waals surface area contributed by atoms with Crippen LogP contribution in [0.4, 0.5) is 0 Å². The molecular formula is C18H22ClNO. The first kappa shape index (κ1) is 15.9. The van der Waals surface area contributed by atoms with Gasteiger partial charge in [0.1, 0.15) is 5.75 Å².